The summed E-state index contributed by atoms with van der Waals surface area (Å²) in [5.74, 6) is 0.0965. The van der Waals surface area contributed by atoms with Crippen LogP contribution in [0.1, 0.15) is 44.8 Å². The number of rotatable bonds is 2. The molecule has 1 N–H and O–H groups in total. The molecule has 3 aromatic carbocycles. The molecule has 166 valence electrons. The van der Waals surface area contributed by atoms with Gasteiger partial charge >= 0.3 is 0 Å². The summed E-state index contributed by atoms with van der Waals surface area (Å²) in [5, 5.41) is 3.24. The number of nitrogens with one attached hydrogen (secondary N) is 1. The monoisotopic (exact) mass is 437 g/mol. The summed E-state index contributed by atoms with van der Waals surface area (Å²) < 4.78 is 0. The smallest absolute Gasteiger partial charge is 0.254 e. The van der Waals surface area contributed by atoms with Gasteiger partial charge in [0.05, 0.1) is 0 Å². The largest absolute Gasteiger partial charge is 0.358 e. The highest BCUT2D eigenvalue weighted by Crippen LogP contribution is 2.30. The van der Waals surface area contributed by atoms with Crippen molar-refractivity contribution in [3.05, 3.63) is 83.0 Å². The van der Waals surface area contributed by atoms with Gasteiger partial charge in [0.25, 0.3) is 11.8 Å². The number of aryl methyl sites for hydroxylation is 2. The summed E-state index contributed by atoms with van der Waals surface area (Å²) in [4.78, 5) is 33.8. The van der Waals surface area contributed by atoms with Crippen molar-refractivity contribution in [1.82, 2.24) is 14.8 Å². The van der Waals surface area contributed by atoms with E-state index in [9.17, 15) is 9.59 Å². The van der Waals surface area contributed by atoms with Gasteiger partial charge in [0.15, 0.2) is 0 Å². The molecule has 1 aliphatic carbocycles. The van der Waals surface area contributed by atoms with Crippen molar-refractivity contribution in [2.45, 2.75) is 25.7 Å². The third-order valence-corrected chi connectivity index (χ3v) is 7.22. The van der Waals surface area contributed by atoms with Crippen molar-refractivity contribution in [2.75, 3.05) is 26.2 Å². The number of hydrogen-bond acceptors (Lipinski definition) is 2. The van der Waals surface area contributed by atoms with E-state index >= 15 is 0 Å². The Balaban J connectivity index is 1.18. The maximum absolute atomic E-state index is 13.3. The molecule has 0 saturated carbocycles. The average Bonchev–Trinajstić information content (AvgIpc) is 3.25. The van der Waals surface area contributed by atoms with Gasteiger partial charge in [0.2, 0.25) is 0 Å². The van der Waals surface area contributed by atoms with Gasteiger partial charge in [-0.25, -0.2) is 0 Å². The molecule has 2 heterocycles. The number of hydrogen-bond donors (Lipinski definition) is 1. The molecule has 1 aliphatic heterocycles. The maximum atomic E-state index is 13.3. The Hall–Kier alpha value is -3.60. The van der Waals surface area contributed by atoms with Gasteiger partial charge in [-0.05, 0) is 66.3 Å². The lowest BCUT2D eigenvalue weighted by atomic mass is 9.95. The van der Waals surface area contributed by atoms with Crippen LogP contribution in [0.5, 0.6) is 0 Å². The molecule has 5 heteroatoms. The van der Waals surface area contributed by atoms with Gasteiger partial charge in [-0.1, -0.05) is 36.4 Å². The highest BCUT2D eigenvalue weighted by molar-refractivity contribution is 6.07. The minimum absolute atomic E-state index is 0.0410. The quantitative estimate of drug-likeness (QED) is 0.490. The molecule has 0 bridgehead atoms. The Kier molecular flexibility index (Phi) is 4.90. The topological polar surface area (TPSA) is 56.4 Å². The Morgan fingerprint density at radius 3 is 2.30 bits per heavy atom. The van der Waals surface area contributed by atoms with E-state index in [0.29, 0.717) is 26.2 Å². The molecule has 0 atom stereocenters. The van der Waals surface area contributed by atoms with Gasteiger partial charge < -0.3 is 14.8 Å². The molecule has 2 aliphatic rings. The van der Waals surface area contributed by atoms with Crippen LogP contribution < -0.4 is 0 Å². The summed E-state index contributed by atoms with van der Waals surface area (Å²) >= 11 is 0. The highest BCUT2D eigenvalue weighted by Gasteiger charge is 2.27. The van der Waals surface area contributed by atoms with Crippen LogP contribution in [0.3, 0.4) is 0 Å². The SMILES string of the molecule is O=C(c1ccc2[nH]c3c(c2c1)CCCC3)N1CCN(C(=O)c2cccc3ccccc23)CC1. The lowest BCUT2D eigenvalue weighted by Crippen LogP contribution is -2.50. The van der Waals surface area contributed by atoms with Crippen LogP contribution in [0.2, 0.25) is 0 Å². The van der Waals surface area contributed by atoms with Gasteiger partial charge in [0, 0.05) is 53.9 Å². The zero-order valence-electron chi connectivity index (χ0n) is 18.6. The Morgan fingerprint density at radius 2 is 1.45 bits per heavy atom. The van der Waals surface area contributed by atoms with E-state index in [0.717, 1.165) is 40.3 Å². The second-order valence-electron chi connectivity index (χ2n) is 9.16. The average molecular weight is 438 g/mol. The van der Waals surface area contributed by atoms with Crippen molar-refractivity contribution >= 4 is 33.5 Å². The molecule has 1 fully saturated rings. The summed E-state index contributed by atoms with van der Waals surface area (Å²) in [6.45, 7) is 2.21. The second-order valence-corrected chi connectivity index (χ2v) is 9.16. The van der Waals surface area contributed by atoms with E-state index in [1.165, 1.54) is 29.5 Å². The highest BCUT2D eigenvalue weighted by atomic mass is 16.2. The Labute approximate surface area is 193 Å². The fourth-order valence-electron chi connectivity index (χ4n) is 5.42. The van der Waals surface area contributed by atoms with Crippen molar-refractivity contribution in [2.24, 2.45) is 0 Å². The van der Waals surface area contributed by atoms with Crippen molar-refractivity contribution in [3.63, 3.8) is 0 Å². The first-order valence-electron chi connectivity index (χ1n) is 11.9. The van der Waals surface area contributed by atoms with Gasteiger partial charge in [-0.15, -0.1) is 0 Å². The van der Waals surface area contributed by atoms with Crippen LogP contribution in [0.15, 0.2) is 60.7 Å². The summed E-state index contributed by atoms with van der Waals surface area (Å²) in [5.41, 5.74) is 5.32. The molecule has 1 aromatic heterocycles. The third-order valence-electron chi connectivity index (χ3n) is 7.22. The van der Waals surface area contributed by atoms with E-state index in [1.807, 2.05) is 64.4 Å². The van der Waals surface area contributed by atoms with Gasteiger partial charge in [-0.3, -0.25) is 9.59 Å². The molecule has 0 radical (unpaired) electrons. The number of H-pyrrole nitrogens is 1. The maximum Gasteiger partial charge on any atom is 0.254 e. The summed E-state index contributed by atoms with van der Waals surface area (Å²) in [6, 6.07) is 19.9. The van der Waals surface area contributed by atoms with E-state index < -0.39 is 0 Å². The number of benzene rings is 3. The number of amides is 2. The van der Waals surface area contributed by atoms with E-state index in [2.05, 4.69) is 11.1 Å². The normalized spacial score (nSPS) is 16.2. The first-order valence-corrected chi connectivity index (χ1v) is 11.9. The number of piperazine rings is 1. The molecule has 1 saturated heterocycles. The second kappa shape index (κ2) is 8.07. The predicted molar refractivity (Wildman–Crippen MR) is 131 cm³/mol. The fourth-order valence-corrected chi connectivity index (χ4v) is 5.42. The zero-order valence-corrected chi connectivity index (χ0v) is 18.6. The Morgan fingerprint density at radius 1 is 0.727 bits per heavy atom. The van der Waals surface area contributed by atoms with Crippen LogP contribution >= 0.6 is 0 Å². The Bertz CT molecular complexity index is 1370. The molecule has 2 amide bonds. The number of fused-ring (bicyclic) bond motifs is 4. The van der Waals surface area contributed by atoms with E-state index in [1.54, 1.807) is 0 Å². The number of nitrogens with zero attached hydrogens (tertiary/aromatic N) is 2. The number of carbonyl (C=O) groups excluding carboxylic acids is 2. The standard InChI is InChI=1S/C28H27N3O2/c32-27(20-12-13-26-24(18-20)22-9-3-4-11-25(22)29-26)30-14-16-31(17-15-30)28(33)23-10-5-7-19-6-1-2-8-21(19)23/h1-2,5-8,10,12-13,18,29H,3-4,9,11,14-17H2. The lowest BCUT2D eigenvalue weighted by Gasteiger charge is -2.35. The van der Waals surface area contributed by atoms with Crippen molar-refractivity contribution in [1.29, 1.82) is 0 Å². The lowest BCUT2D eigenvalue weighted by molar-refractivity contribution is 0.0536. The van der Waals surface area contributed by atoms with Crippen LogP contribution in [0.4, 0.5) is 0 Å². The zero-order chi connectivity index (χ0) is 22.4. The molecule has 5 nitrogen and oxygen atoms in total. The molecular weight excluding hydrogens is 410 g/mol. The minimum atomic E-state index is 0.0410. The van der Waals surface area contributed by atoms with Crippen LogP contribution in [-0.4, -0.2) is 52.8 Å². The first kappa shape index (κ1) is 20.0. The van der Waals surface area contributed by atoms with Crippen molar-refractivity contribution in [3.8, 4) is 0 Å². The van der Waals surface area contributed by atoms with Gasteiger partial charge in [-0.2, -0.15) is 0 Å². The summed E-state index contributed by atoms with van der Waals surface area (Å²) in [7, 11) is 0. The number of aromatic amines is 1. The minimum Gasteiger partial charge on any atom is -0.358 e. The van der Waals surface area contributed by atoms with Crippen LogP contribution in [0.25, 0.3) is 21.7 Å². The number of aromatic nitrogens is 1. The first-order chi connectivity index (χ1) is 16.2. The third kappa shape index (κ3) is 3.48. The van der Waals surface area contributed by atoms with Crippen LogP contribution in [-0.2, 0) is 12.8 Å². The molecule has 0 unspecified atom stereocenters. The van der Waals surface area contributed by atoms with Gasteiger partial charge in [0.1, 0.15) is 0 Å². The molecule has 33 heavy (non-hydrogen) atoms. The van der Waals surface area contributed by atoms with Crippen molar-refractivity contribution < 1.29 is 9.59 Å². The molecule has 6 rings (SSSR count). The van der Waals surface area contributed by atoms with E-state index in [-0.39, 0.29) is 11.8 Å². The molecule has 4 aromatic rings. The molecular formula is C28H27N3O2. The number of carbonyl (C=O) groups is 2. The van der Waals surface area contributed by atoms with Crippen LogP contribution in [0, 0.1) is 0 Å². The summed E-state index contributed by atoms with van der Waals surface area (Å²) in [6.07, 6.45) is 4.63. The fraction of sp³-hybridized carbons (Fsp3) is 0.286. The molecule has 0 spiro atoms. The van der Waals surface area contributed by atoms with E-state index in [4.69, 9.17) is 0 Å². The predicted octanol–water partition coefficient (Wildman–Crippen LogP) is 4.80.